The van der Waals surface area contributed by atoms with Crippen LogP contribution in [0.25, 0.3) is 0 Å². The van der Waals surface area contributed by atoms with Crippen LogP contribution in [0, 0.1) is 0 Å². The Kier molecular flexibility index (Phi) is 7.93. The second-order valence-corrected chi connectivity index (χ2v) is 8.79. The number of hydrogen-bond donors (Lipinski definition) is 1. The lowest BCUT2D eigenvalue weighted by Crippen LogP contribution is -2.47. The molecule has 0 aromatic rings. The Morgan fingerprint density at radius 1 is 1.17 bits per heavy atom. The van der Waals surface area contributed by atoms with Crippen LogP contribution in [0.2, 0.25) is 0 Å². The summed E-state index contributed by atoms with van der Waals surface area (Å²) in [5.74, 6) is -0.186. The van der Waals surface area contributed by atoms with E-state index in [-0.39, 0.29) is 18.5 Å². The van der Waals surface area contributed by atoms with E-state index in [1.807, 2.05) is 0 Å². The fraction of sp³-hybridized carbons (Fsp3) is 0.938. The van der Waals surface area contributed by atoms with Gasteiger partial charge in [0.1, 0.15) is 0 Å². The molecule has 1 N–H and O–H groups in total. The number of nitrogens with one attached hydrogen (secondary N) is 1. The van der Waals surface area contributed by atoms with E-state index in [4.69, 9.17) is 4.74 Å². The smallest absolute Gasteiger partial charge is 0.235 e. The van der Waals surface area contributed by atoms with Crippen LogP contribution in [0.15, 0.2) is 0 Å². The molecule has 0 unspecified atom stereocenters. The number of ether oxygens (including phenoxy) is 1. The largest absolute Gasteiger partial charge is 0.379 e. The average molecular weight is 362 g/mol. The van der Waals surface area contributed by atoms with Crippen molar-refractivity contribution in [1.82, 2.24) is 14.5 Å². The molecule has 0 bridgehead atoms. The number of hydrogen-bond acceptors (Lipinski definition) is 5. The molecule has 7 nitrogen and oxygen atoms in total. The molecule has 0 aromatic carbocycles. The van der Waals surface area contributed by atoms with Crippen LogP contribution in [0.3, 0.4) is 0 Å². The molecule has 1 aliphatic heterocycles. The quantitative estimate of drug-likeness (QED) is 0.665. The Morgan fingerprint density at radius 2 is 1.79 bits per heavy atom. The molecule has 2 rings (SSSR count). The molecule has 2 fully saturated rings. The molecule has 0 aromatic heterocycles. The molecule has 1 saturated carbocycles. The zero-order valence-electron chi connectivity index (χ0n) is 14.7. The van der Waals surface area contributed by atoms with Crippen LogP contribution < -0.4 is 5.32 Å². The van der Waals surface area contributed by atoms with Gasteiger partial charge in [-0.05, 0) is 12.8 Å². The Balaban J connectivity index is 1.82. The van der Waals surface area contributed by atoms with Crippen molar-refractivity contribution in [2.24, 2.45) is 0 Å². The van der Waals surface area contributed by atoms with Crippen LogP contribution in [-0.4, -0.2) is 81.8 Å². The van der Waals surface area contributed by atoms with Gasteiger partial charge in [0.2, 0.25) is 15.9 Å². The van der Waals surface area contributed by atoms with Crippen molar-refractivity contribution in [3.63, 3.8) is 0 Å². The van der Waals surface area contributed by atoms with E-state index in [0.29, 0.717) is 26.3 Å². The maximum Gasteiger partial charge on any atom is 0.235 e. The van der Waals surface area contributed by atoms with E-state index >= 15 is 0 Å². The summed E-state index contributed by atoms with van der Waals surface area (Å²) in [6.45, 7) is 3.88. The molecule has 1 saturated heterocycles. The molecule has 1 amide bonds. The first-order chi connectivity index (χ1) is 11.4. The molecule has 0 spiro atoms. The first-order valence-corrected chi connectivity index (χ1v) is 10.8. The third kappa shape index (κ3) is 7.04. The zero-order chi connectivity index (χ0) is 17.4. The number of sulfonamides is 1. The van der Waals surface area contributed by atoms with Gasteiger partial charge in [0.15, 0.2) is 0 Å². The van der Waals surface area contributed by atoms with Gasteiger partial charge in [-0.25, -0.2) is 8.42 Å². The summed E-state index contributed by atoms with van der Waals surface area (Å²) in [6.07, 6.45) is 7.89. The highest BCUT2D eigenvalue weighted by atomic mass is 32.2. The molecule has 24 heavy (non-hydrogen) atoms. The van der Waals surface area contributed by atoms with Crippen LogP contribution in [0.4, 0.5) is 0 Å². The van der Waals surface area contributed by atoms with Crippen molar-refractivity contribution in [2.75, 3.05) is 52.2 Å². The predicted molar refractivity (Wildman–Crippen MR) is 93.3 cm³/mol. The summed E-state index contributed by atoms with van der Waals surface area (Å²) in [5.41, 5.74) is 0. The molecule has 2 aliphatic rings. The Hall–Kier alpha value is -0.700. The number of carbonyl (C=O) groups is 1. The maximum atomic E-state index is 12.3. The third-order valence-electron chi connectivity index (χ3n) is 4.78. The highest BCUT2D eigenvalue weighted by Gasteiger charge is 2.23. The highest BCUT2D eigenvalue weighted by Crippen LogP contribution is 2.17. The molecule has 8 heteroatoms. The summed E-state index contributed by atoms with van der Waals surface area (Å²) in [7, 11) is -3.39. The summed E-state index contributed by atoms with van der Waals surface area (Å²) >= 11 is 0. The summed E-state index contributed by atoms with van der Waals surface area (Å²) in [5, 5.41) is 3.02. The summed E-state index contributed by atoms with van der Waals surface area (Å²) in [6, 6.07) is 0.195. The van der Waals surface area contributed by atoms with E-state index in [2.05, 4.69) is 10.2 Å². The Morgan fingerprint density at radius 3 is 2.38 bits per heavy atom. The van der Waals surface area contributed by atoms with Crippen LogP contribution in [-0.2, 0) is 19.6 Å². The monoisotopic (exact) mass is 361 g/mol. The van der Waals surface area contributed by atoms with Crippen molar-refractivity contribution in [1.29, 1.82) is 0 Å². The van der Waals surface area contributed by atoms with Gasteiger partial charge in [-0.2, -0.15) is 4.31 Å². The first kappa shape index (κ1) is 19.6. The fourth-order valence-corrected chi connectivity index (χ4v) is 4.06. The predicted octanol–water partition coefficient (Wildman–Crippen LogP) is 0.419. The molecule has 1 aliphatic carbocycles. The number of amides is 1. The zero-order valence-corrected chi connectivity index (χ0v) is 15.5. The lowest BCUT2D eigenvalue weighted by atomic mass is 10.1. The minimum atomic E-state index is -3.39. The van der Waals surface area contributed by atoms with Gasteiger partial charge in [-0.3, -0.25) is 9.69 Å². The normalized spacial score (nSPS) is 21.6. The Bertz CT molecular complexity index is 484. The minimum Gasteiger partial charge on any atom is -0.379 e. The van der Waals surface area contributed by atoms with Gasteiger partial charge >= 0.3 is 0 Å². The van der Waals surface area contributed by atoms with Gasteiger partial charge in [-0.15, -0.1) is 0 Å². The van der Waals surface area contributed by atoms with Crippen molar-refractivity contribution >= 4 is 15.9 Å². The van der Waals surface area contributed by atoms with Crippen molar-refractivity contribution in [3.05, 3.63) is 0 Å². The molecule has 1 heterocycles. The summed E-state index contributed by atoms with van der Waals surface area (Å²) in [4.78, 5) is 14.5. The third-order valence-corrected chi connectivity index (χ3v) is 6.03. The van der Waals surface area contributed by atoms with Gasteiger partial charge in [0.05, 0.1) is 26.0 Å². The van der Waals surface area contributed by atoms with E-state index in [9.17, 15) is 13.2 Å². The second-order valence-electron chi connectivity index (χ2n) is 6.81. The van der Waals surface area contributed by atoms with Crippen LogP contribution >= 0.6 is 0 Å². The van der Waals surface area contributed by atoms with E-state index < -0.39 is 10.0 Å². The number of nitrogens with zero attached hydrogens (tertiary/aromatic N) is 2. The standard InChI is InChI=1S/C16H31N3O4S/c1-24(21,22)19(9-8-18-10-12-23-13-11-18)14-16(20)17-15-6-4-2-3-5-7-15/h15H,2-14H2,1H3,(H,17,20). The lowest BCUT2D eigenvalue weighted by Gasteiger charge is -2.29. The van der Waals surface area contributed by atoms with Gasteiger partial charge in [0.25, 0.3) is 0 Å². The van der Waals surface area contributed by atoms with Gasteiger partial charge in [0, 0.05) is 32.2 Å². The summed E-state index contributed by atoms with van der Waals surface area (Å²) < 4.78 is 30.6. The van der Waals surface area contributed by atoms with E-state index in [0.717, 1.165) is 38.8 Å². The minimum absolute atomic E-state index is 0.0837. The fourth-order valence-electron chi connectivity index (χ4n) is 3.30. The molecular weight excluding hydrogens is 330 g/mol. The van der Waals surface area contributed by atoms with Gasteiger partial charge < -0.3 is 10.1 Å². The first-order valence-electron chi connectivity index (χ1n) is 9.00. The van der Waals surface area contributed by atoms with Gasteiger partial charge in [-0.1, -0.05) is 25.7 Å². The topological polar surface area (TPSA) is 79.0 Å². The van der Waals surface area contributed by atoms with Crippen molar-refractivity contribution in [2.45, 2.75) is 44.6 Å². The molecule has 0 radical (unpaired) electrons. The van der Waals surface area contributed by atoms with E-state index in [1.165, 1.54) is 23.4 Å². The van der Waals surface area contributed by atoms with Crippen molar-refractivity contribution < 1.29 is 17.9 Å². The lowest BCUT2D eigenvalue weighted by molar-refractivity contribution is -0.122. The Labute approximate surface area is 145 Å². The molecule has 0 atom stereocenters. The van der Waals surface area contributed by atoms with Crippen molar-refractivity contribution in [3.8, 4) is 0 Å². The number of rotatable bonds is 7. The van der Waals surface area contributed by atoms with E-state index in [1.54, 1.807) is 0 Å². The van der Waals surface area contributed by atoms with Crippen LogP contribution in [0.5, 0.6) is 0 Å². The molecule has 140 valence electrons. The van der Waals surface area contributed by atoms with Crippen LogP contribution in [0.1, 0.15) is 38.5 Å². The SMILES string of the molecule is CS(=O)(=O)N(CCN1CCOCC1)CC(=O)NC1CCCCCC1. The number of carbonyl (C=O) groups excluding carboxylic acids is 1. The maximum absolute atomic E-state index is 12.3. The highest BCUT2D eigenvalue weighted by molar-refractivity contribution is 7.88. The molecular formula is C16H31N3O4S. The second kappa shape index (κ2) is 9.70. The average Bonchev–Trinajstić information content (AvgIpc) is 2.80. The number of morpholine rings is 1.